The fourth-order valence-electron chi connectivity index (χ4n) is 3.75. The summed E-state index contributed by atoms with van der Waals surface area (Å²) >= 11 is 0. The molecule has 0 fully saturated rings. The number of unbranched alkanes of at least 4 members (excludes halogenated alkanes) is 13. The topological polar surface area (TPSA) is 76.4 Å². The van der Waals surface area contributed by atoms with E-state index in [1.807, 2.05) is 6.07 Å². The van der Waals surface area contributed by atoms with Gasteiger partial charge in [-0.25, -0.2) is 9.59 Å². The third-order valence-corrected chi connectivity index (χ3v) is 6.26. The van der Waals surface area contributed by atoms with Gasteiger partial charge < -0.3 is 9.47 Å². The lowest BCUT2D eigenvalue weighted by atomic mass is 10.1. The minimum absolute atomic E-state index is 0.205. The molecule has 0 radical (unpaired) electrons. The van der Waals surface area contributed by atoms with E-state index < -0.39 is 5.97 Å². The monoisotopic (exact) mass is 573 g/mol. The van der Waals surface area contributed by atoms with Crippen LogP contribution in [0.25, 0.3) is 0 Å². The van der Waals surface area contributed by atoms with E-state index in [2.05, 4.69) is 27.0 Å². The summed E-state index contributed by atoms with van der Waals surface area (Å²) in [5.74, 6) is -0.757. The van der Waals surface area contributed by atoms with Gasteiger partial charge in [-0.3, -0.25) is 4.39 Å². The predicted octanol–water partition coefficient (Wildman–Crippen LogP) is 10.1. The summed E-state index contributed by atoms with van der Waals surface area (Å²) in [6.07, 6.45) is 21.0. The van der Waals surface area contributed by atoms with E-state index >= 15 is 0 Å². The fourth-order valence-corrected chi connectivity index (χ4v) is 3.75. The second-order valence-electron chi connectivity index (χ2n) is 9.98. The van der Waals surface area contributed by atoms with Crippen molar-refractivity contribution in [1.82, 2.24) is 0 Å². The molecular formula is C35H56FNO4. The standard InChI is InChI=1S/C13H28.C11H19FO2.C11H9NO2/c1-3-5-7-9-11-13-12-10-8-6-4-2;1-3-14-11(13)10(2)8-6-4-5-7-9-12;1-2-11(13)14-8-10-5-3-9(7-12)4-6-10/h3-13H2,1-2H3;2-9H2,1H3;2-6H,1,8H2. The van der Waals surface area contributed by atoms with Crippen LogP contribution < -0.4 is 0 Å². The third kappa shape index (κ3) is 28.4. The molecule has 1 rings (SSSR count). The van der Waals surface area contributed by atoms with Crippen molar-refractivity contribution in [3.05, 3.63) is 60.2 Å². The highest BCUT2D eigenvalue weighted by molar-refractivity contribution is 5.87. The van der Waals surface area contributed by atoms with Crippen LogP contribution in [0.15, 0.2) is 49.1 Å². The van der Waals surface area contributed by atoms with E-state index in [4.69, 9.17) is 14.7 Å². The van der Waals surface area contributed by atoms with Crippen molar-refractivity contribution in [2.75, 3.05) is 13.3 Å². The first kappa shape index (κ1) is 40.2. The van der Waals surface area contributed by atoms with Crippen LogP contribution in [-0.2, 0) is 25.7 Å². The quantitative estimate of drug-likeness (QED) is 0.0830. The molecule has 0 saturated heterocycles. The summed E-state index contributed by atoms with van der Waals surface area (Å²) in [4.78, 5) is 21.8. The first-order valence-electron chi connectivity index (χ1n) is 15.6. The number of carbonyl (C=O) groups is 2. The number of rotatable bonds is 21. The van der Waals surface area contributed by atoms with Crippen LogP contribution in [0.5, 0.6) is 0 Å². The Morgan fingerprint density at radius 3 is 1.73 bits per heavy atom. The van der Waals surface area contributed by atoms with Gasteiger partial charge in [-0.2, -0.15) is 5.26 Å². The fraction of sp³-hybridized carbons (Fsp3) is 0.629. The average molecular weight is 574 g/mol. The number of alkyl halides is 1. The van der Waals surface area contributed by atoms with Gasteiger partial charge in [0, 0.05) is 11.6 Å². The van der Waals surface area contributed by atoms with Gasteiger partial charge in [-0.1, -0.05) is 123 Å². The molecule has 6 heteroatoms. The van der Waals surface area contributed by atoms with Crippen molar-refractivity contribution in [2.24, 2.45) is 0 Å². The molecule has 1 aromatic rings. The van der Waals surface area contributed by atoms with Gasteiger partial charge in [-0.05, 0) is 43.9 Å². The summed E-state index contributed by atoms with van der Waals surface area (Å²) in [6, 6.07) is 8.85. The van der Waals surface area contributed by atoms with Crippen LogP contribution >= 0.6 is 0 Å². The molecule has 0 aliphatic carbocycles. The highest BCUT2D eigenvalue weighted by Gasteiger charge is 2.06. The Morgan fingerprint density at radius 1 is 0.805 bits per heavy atom. The normalized spacial score (nSPS) is 9.73. The number of carbonyl (C=O) groups excluding carboxylic acids is 2. The minimum atomic E-state index is -0.450. The van der Waals surface area contributed by atoms with Crippen molar-refractivity contribution < 1.29 is 23.5 Å². The third-order valence-electron chi connectivity index (χ3n) is 6.26. The van der Waals surface area contributed by atoms with E-state index in [1.54, 1.807) is 31.2 Å². The van der Waals surface area contributed by atoms with Crippen molar-refractivity contribution in [3.63, 3.8) is 0 Å². The number of benzene rings is 1. The summed E-state index contributed by atoms with van der Waals surface area (Å²) in [7, 11) is 0. The first-order valence-corrected chi connectivity index (χ1v) is 15.6. The molecule has 0 aliphatic heterocycles. The van der Waals surface area contributed by atoms with Crippen LogP contribution in [-0.4, -0.2) is 25.2 Å². The molecule has 0 saturated carbocycles. The average Bonchev–Trinajstić information content (AvgIpc) is 3.00. The van der Waals surface area contributed by atoms with Gasteiger partial charge in [0.1, 0.15) is 6.61 Å². The van der Waals surface area contributed by atoms with Crippen molar-refractivity contribution in [3.8, 4) is 6.07 Å². The Labute approximate surface area is 250 Å². The van der Waals surface area contributed by atoms with Gasteiger partial charge in [0.05, 0.1) is 24.9 Å². The lowest BCUT2D eigenvalue weighted by Gasteiger charge is -2.04. The largest absolute Gasteiger partial charge is 0.463 e. The lowest BCUT2D eigenvalue weighted by molar-refractivity contribution is -0.139. The summed E-state index contributed by atoms with van der Waals surface area (Å²) < 4.78 is 21.3. The summed E-state index contributed by atoms with van der Waals surface area (Å²) in [5, 5.41) is 8.54. The molecule has 41 heavy (non-hydrogen) atoms. The molecule has 0 spiro atoms. The van der Waals surface area contributed by atoms with Crippen molar-refractivity contribution >= 4 is 11.9 Å². The second kappa shape index (κ2) is 31.6. The number of nitriles is 1. The maximum Gasteiger partial charge on any atom is 0.333 e. The van der Waals surface area contributed by atoms with Crippen LogP contribution in [0.1, 0.15) is 135 Å². The SMILES string of the molecule is C=C(CCCCCCF)C(=O)OCC.C=CC(=O)OCc1ccc(C#N)cc1.CCCCCCCCCCCCC. The van der Waals surface area contributed by atoms with Gasteiger partial charge in [0.2, 0.25) is 0 Å². The zero-order valence-electron chi connectivity index (χ0n) is 26.2. The van der Waals surface area contributed by atoms with Crippen LogP contribution in [0.2, 0.25) is 0 Å². The second-order valence-corrected chi connectivity index (χ2v) is 9.98. The highest BCUT2D eigenvalue weighted by atomic mass is 19.1. The molecule has 0 aromatic heterocycles. The number of nitrogens with zero attached hydrogens (tertiary/aromatic N) is 1. The zero-order chi connectivity index (χ0) is 31.0. The van der Waals surface area contributed by atoms with Gasteiger partial charge in [0.25, 0.3) is 0 Å². The molecule has 0 heterocycles. The molecule has 1 aromatic carbocycles. The molecule has 0 amide bonds. The smallest absolute Gasteiger partial charge is 0.333 e. The highest BCUT2D eigenvalue weighted by Crippen LogP contribution is 2.11. The van der Waals surface area contributed by atoms with Gasteiger partial charge >= 0.3 is 11.9 Å². The Bertz CT molecular complexity index is 820. The molecule has 5 nitrogen and oxygen atoms in total. The molecule has 0 unspecified atom stereocenters. The van der Waals surface area contributed by atoms with Crippen LogP contribution in [0.3, 0.4) is 0 Å². The van der Waals surface area contributed by atoms with Gasteiger partial charge in [-0.15, -0.1) is 0 Å². The Balaban J connectivity index is 0. The zero-order valence-corrected chi connectivity index (χ0v) is 26.2. The number of hydrogen-bond acceptors (Lipinski definition) is 5. The van der Waals surface area contributed by atoms with Crippen molar-refractivity contribution in [2.45, 2.75) is 130 Å². The van der Waals surface area contributed by atoms with E-state index in [0.29, 0.717) is 30.6 Å². The maximum absolute atomic E-state index is 11.7. The van der Waals surface area contributed by atoms with Crippen molar-refractivity contribution in [1.29, 1.82) is 5.26 Å². The predicted molar refractivity (Wildman–Crippen MR) is 168 cm³/mol. The van der Waals surface area contributed by atoms with E-state index in [9.17, 15) is 14.0 Å². The number of ether oxygens (including phenoxy) is 2. The van der Waals surface area contributed by atoms with E-state index in [0.717, 1.165) is 30.9 Å². The minimum Gasteiger partial charge on any atom is -0.463 e. The lowest BCUT2D eigenvalue weighted by Crippen LogP contribution is -2.06. The number of halogens is 1. The molecule has 0 N–H and O–H groups in total. The molecular weight excluding hydrogens is 517 g/mol. The Morgan fingerprint density at radius 2 is 1.29 bits per heavy atom. The summed E-state index contributed by atoms with van der Waals surface area (Å²) in [5.41, 5.74) is 1.95. The maximum atomic E-state index is 11.7. The van der Waals surface area contributed by atoms with Crippen LogP contribution in [0.4, 0.5) is 4.39 Å². The molecule has 0 atom stereocenters. The first-order chi connectivity index (χ1) is 19.9. The van der Waals surface area contributed by atoms with Crippen LogP contribution in [0, 0.1) is 11.3 Å². The Kier molecular flexibility index (Phi) is 31.0. The van der Waals surface area contributed by atoms with Gasteiger partial charge in [0.15, 0.2) is 0 Å². The molecule has 0 bridgehead atoms. The number of esters is 2. The number of hydrogen-bond donors (Lipinski definition) is 0. The molecule has 0 aliphatic rings. The van der Waals surface area contributed by atoms with E-state index in [1.165, 1.54) is 70.6 Å². The van der Waals surface area contributed by atoms with E-state index in [-0.39, 0.29) is 19.3 Å². The summed E-state index contributed by atoms with van der Waals surface area (Å²) in [6.45, 7) is 13.6. The molecule has 232 valence electrons. The Hall–Kier alpha value is -2.94.